The van der Waals surface area contributed by atoms with E-state index in [4.69, 9.17) is 9.52 Å². The van der Waals surface area contributed by atoms with Crippen LogP contribution in [0.25, 0.3) is 0 Å². The van der Waals surface area contributed by atoms with Crippen LogP contribution in [0.2, 0.25) is 0 Å². The molecule has 7 nitrogen and oxygen atoms in total. The topological polar surface area (TPSA) is 114 Å². The third-order valence-electron chi connectivity index (χ3n) is 2.82. The zero-order valence-electron chi connectivity index (χ0n) is 11.6. The molecular formula is C11H17NO6S2. The number of nitrogens with one attached hydrogen (secondary N) is 1. The lowest BCUT2D eigenvalue weighted by atomic mass is 10.2. The van der Waals surface area contributed by atoms with E-state index >= 15 is 0 Å². The fourth-order valence-electron chi connectivity index (χ4n) is 1.65. The molecule has 0 bridgehead atoms. The number of hydrogen-bond acceptors (Lipinski definition) is 5. The van der Waals surface area contributed by atoms with Gasteiger partial charge < -0.3 is 9.52 Å². The molecule has 0 radical (unpaired) electrons. The third-order valence-corrected chi connectivity index (χ3v) is 5.69. The summed E-state index contributed by atoms with van der Waals surface area (Å²) in [6.45, 7) is 4.35. The van der Waals surface area contributed by atoms with Crippen molar-refractivity contribution in [3.05, 3.63) is 17.1 Å². The minimum atomic E-state index is -4.03. The molecule has 0 saturated heterocycles. The molecule has 0 aliphatic carbocycles. The van der Waals surface area contributed by atoms with Crippen molar-refractivity contribution in [3.63, 3.8) is 0 Å². The fraction of sp³-hybridized carbons (Fsp3) is 0.545. The number of hydrogen-bond donors (Lipinski definition) is 2. The van der Waals surface area contributed by atoms with Crippen molar-refractivity contribution >= 4 is 26.8 Å². The maximum absolute atomic E-state index is 12.2. The third kappa shape index (κ3) is 3.47. The Labute approximate surface area is 119 Å². The standard InChI is InChI=1S/C11H17NO6S2/c1-6(19(4)15)5-12-20(16,17)10-8(3)18-7(2)9(10)11(13)14/h6,12H,5H2,1-4H3,(H,13,14). The Morgan fingerprint density at radius 3 is 2.40 bits per heavy atom. The molecule has 1 aromatic heterocycles. The van der Waals surface area contributed by atoms with Crippen LogP contribution < -0.4 is 4.72 Å². The smallest absolute Gasteiger partial charge is 0.340 e. The van der Waals surface area contributed by atoms with Gasteiger partial charge in [0.1, 0.15) is 22.0 Å². The highest BCUT2D eigenvalue weighted by Gasteiger charge is 2.31. The molecule has 2 N–H and O–H groups in total. The van der Waals surface area contributed by atoms with Gasteiger partial charge in [-0.3, -0.25) is 4.21 Å². The lowest BCUT2D eigenvalue weighted by molar-refractivity contribution is 0.0691. The van der Waals surface area contributed by atoms with Crippen molar-refractivity contribution < 1.29 is 26.9 Å². The van der Waals surface area contributed by atoms with Crippen molar-refractivity contribution in [1.82, 2.24) is 4.72 Å². The molecule has 114 valence electrons. The van der Waals surface area contributed by atoms with Crippen LogP contribution in [0.1, 0.15) is 28.8 Å². The zero-order chi connectivity index (χ0) is 15.7. The van der Waals surface area contributed by atoms with Crippen LogP contribution in [0.5, 0.6) is 0 Å². The summed E-state index contributed by atoms with van der Waals surface area (Å²) in [5.41, 5.74) is -0.375. The van der Waals surface area contributed by atoms with Crippen molar-refractivity contribution in [1.29, 1.82) is 0 Å². The fourth-order valence-corrected chi connectivity index (χ4v) is 3.61. The number of aromatic carboxylic acids is 1. The largest absolute Gasteiger partial charge is 0.478 e. The molecule has 0 aliphatic heterocycles. The number of carboxylic acid groups (broad SMARTS) is 1. The molecule has 0 aliphatic rings. The first-order valence-electron chi connectivity index (χ1n) is 5.73. The van der Waals surface area contributed by atoms with Crippen LogP contribution in [0.15, 0.2) is 9.31 Å². The van der Waals surface area contributed by atoms with Crippen LogP contribution in [0.3, 0.4) is 0 Å². The van der Waals surface area contributed by atoms with E-state index in [1.807, 2.05) is 0 Å². The van der Waals surface area contributed by atoms with Gasteiger partial charge in [-0.05, 0) is 20.8 Å². The van der Waals surface area contributed by atoms with Gasteiger partial charge in [0.05, 0.1) is 0 Å². The van der Waals surface area contributed by atoms with E-state index in [1.54, 1.807) is 6.92 Å². The summed E-state index contributed by atoms with van der Waals surface area (Å²) in [7, 11) is -5.22. The number of rotatable bonds is 6. The SMILES string of the molecule is Cc1oc(C)c(S(=O)(=O)NCC(C)S(C)=O)c1C(=O)O. The van der Waals surface area contributed by atoms with E-state index in [0.717, 1.165) is 0 Å². The molecule has 0 amide bonds. The molecule has 9 heteroatoms. The molecule has 0 spiro atoms. The van der Waals surface area contributed by atoms with Gasteiger partial charge in [0.2, 0.25) is 10.0 Å². The number of carboxylic acids is 1. The van der Waals surface area contributed by atoms with E-state index in [0.29, 0.717) is 0 Å². The Balaban J connectivity index is 3.17. The van der Waals surface area contributed by atoms with Crippen LogP contribution in [-0.2, 0) is 20.8 Å². The van der Waals surface area contributed by atoms with Crippen LogP contribution in [0, 0.1) is 13.8 Å². The average Bonchev–Trinajstić information content (AvgIpc) is 2.61. The molecule has 2 unspecified atom stereocenters. The van der Waals surface area contributed by atoms with Gasteiger partial charge in [-0.15, -0.1) is 0 Å². The molecule has 1 heterocycles. The average molecular weight is 323 g/mol. The maximum atomic E-state index is 12.2. The summed E-state index contributed by atoms with van der Waals surface area (Å²) >= 11 is 0. The molecule has 1 aromatic rings. The monoisotopic (exact) mass is 323 g/mol. The van der Waals surface area contributed by atoms with E-state index in [-0.39, 0.29) is 33.8 Å². The molecule has 0 aromatic carbocycles. The van der Waals surface area contributed by atoms with Gasteiger partial charge in [-0.25, -0.2) is 17.9 Å². The van der Waals surface area contributed by atoms with E-state index in [2.05, 4.69) is 4.72 Å². The van der Waals surface area contributed by atoms with Crippen molar-refractivity contribution in [2.24, 2.45) is 0 Å². The normalized spacial score (nSPS) is 15.0. The van der Waals surface area contributed by atoms with Gasteiger partial charge in [0.15, 0.2) is 0 Å². The van der Waals surface area contributed by atoms with Crippen molar-refractivity contribution in [3.8, 4) is 0 Å². The molecule has 20 heavy (non-hydrogen) atoms. The molecule has 1 rings (SSSR count). The van der Waals surface area contributed by atoms with Crippen molar-refractivity contribution in [2.45, 2.75) is 30.9 Å². The Bertz CT molecular complexity index is 646. The van der Waals surface area contributed by atoms with Gasteiger partial charge in [0, 0.05) is 28.9 Å². The summed E-state index contributed by atoms with van der Waals surface area (Å²) in [5, 5.41) is 8.70. The van der Waals surface area contributed by atoms with Gasteiger partial charge in [-0.1, -0.05) is 0 Å². The van der Waals surface area contributed by atoms with E-state index in [1.165, 1.54) is 20.1 Å². The minimum Gasteiger partial charge on any atom is -0.478 e. The van der Waals surface area contributed by atoms with Gasteiger partial charge in [0.25, 0.3) is 0 Å². The Morgan fingerprint density at radius 2 is 1.95 bits per heavy atom. The van der Waals surface area contributed by atoms with Crippen LogP contribution in [0.4, 0.5) is 0 Å². The summed E-state index contributed by atoms with van der Waals surface area (Å²) in [6.07, 6.45) is 1.47. The molecular weight excluding hydrogens is 306 g/mol. The first kappa shape index (κ1) is 16.9. The van der Waals surface area contributed by atoms with E-state index < -0.39 is 26.8 Å². The van der Waals surface area contributed by atoms with Crippen molar-refractivity contribution in [2.75, 3.05) is 12.8 Å². The predicted octanol–water partition coefficient (Wildman–Crippen LogP) is 0.640. The number of sulfonamides is 1. The van der Waals surface area contributed by atoms with E-state index in [9.17, 15) is 17.4 Å². The van der Waals surface area contributed by atoms with Crippen LogP contribution >= 0.6 is 0 Å². The molecule has 2 atom stereocenters. The second-order valence-electron chi connectivity index (χ2n) is 4.38. The summed E-state index contributed by atoms with van der Waals surface area (Å²) in [5.74, 6) is -1.33. The minimum absolute atomic E-state index is 0.0117. The van der Waals surface area contributed by atoms with Gasteiger partial charge >= 0.3 is 5.97 Å². The highest BCUT2D eigenvalue weighted by Crippen LogP contribution is 2.26. The highest BCUT2D eigenvalue weighted by molar-refractivity contribution is 7.89. The van der Waals surface area contributed by atoms with Crippen LogP contribution in [-0.4, -0.2) is 41.8 Å². The Kier molecular flexibility index (Phi) is 5.11. The second-order valence-corrected chi connectivity index (χ2v) is 7.89. The first-order valence-corrected chi connectivity index (χ1v) is 8.83. The lowest BCUT2D eigenvalue weighted by Gasteiger charge is -2.10. The number of furan rings is 1. The predicted molar refractivity (Wildman–Crippen MR) is 73.9 cm³/mol. The maximum Gasteiger partial charge on any atom is 0.340 e. The highest BCUT2D eigenvalue weighted by atomic mass is 32.2. The molecule has 0 saturated carbocycles. The summed E-state index contributed by atoms with van der Waals surface area (Å²) < 4.78 is 42.9. The second kappa shape index (κ2) is 6.06. The lowest BCUT2D eigenvalue weighted by Crippen LogP contribution is -2.33. The number of aryl methyl sites for hydroxylation is 2. The van der Waals surface area contributed by atoms with Gasteiger partial charge in [-0.2, -0.15) is 0 Å². The summed E-state index contributed by atoms with van der Waals surface area (Å²) in [6, 6.07) is 0. The quantitative estimate of drug-likeness (QED) is 0.794. The Morgan fingerprint density at radius 1 is 1.40 bits per heavy atom. The Hall–Kier alpha value is -1.19. The summed E-state index contributed by atoms with van der Waals surface area (Å²) in [4.78, 5) is 10.8. The zero-order valence-corrected chi connectivity index (χ0v) is 13.2. The number of carbonyl (C=O) groups is 1. The first-order chi connectivity index (χ1) is 9.08. The molecule has 0 fully saturated rings.